The summed E-state index contributed by atoms with van der Waals surface area (Å²) in [6.07, 6.45) is -0.393. The van der Waals surface area contributed by atoms with Crippen LogP contribution in [0.4, 0.5) is 14.9 Å². The predicted octanol–water partition coefficient (Wildman–Crippen LogP) is 4.36. The topological polar surface area (TPSA) is 67.9 Å². The maximum atomic E-state index is 13.8. The fourth-order valence-corrected chi connectivity index (χ4v) is 3.25. The third-order valence-electron chi connectivity index (χ3n) is 4.30. The molecule has 1 aliphatic heterocycles. The Bertz CT molecular complexity index is 896. The number of para-hydroxylation sites is 1. The van der Waals surface area contributed by atoms with Gasteiger partial charge in [-0.1, -0.05) is 35.3 Å². The lowest BCUT2D eigenvalue weighted by Crippen LogP contribution is -2.43. The minimum atomic E-state index is -0.857. The average Bonchev–Trinajstić information content (AvgIpc) is 3.10. The number of benzene rings is 2. The molecule has 0 aliphatic carbocycles. The molecule has 148 valence electrons. The van der Waals surface area contributed by atoms with Crippen LogP contribution in [0.2, 0.25) is 10.0 Å². The van der Waals surface area contributed by atoms with E-state index >= 15 is 0 Å². The van der Waals surface area contributed by atoms with Gasteiger partial charge in [-0.15, -0.1) is 0 Å². The number of carbonyl (C=O) groups is 2. The Balaban J connectivity index is 1.75. The fourth-order valence-electron chi connectivity index (χ4n) is 2.96. The number of urea groups is 1. The molecule has 2 unspecified atom stereocenters. The van der Waals surface area contributed by atoms with E-state index in [1.54, 1.807) is 24.3 Å². The van der Waals surface area contributed by atoms with Crippen LogP contribution in [0.25, 0.3) is 0 Å². The molecular formula is C19H17Cl2FN2O4. The SMILES string of the molecule is COC(=O)C1CC(Oc2ccccc2F)CN1C(=O)Nc1ccc(Cl)c(Cl)c1. The Hall–Kier alpha value is -2.51. The molecule has 1 fully saturated rings. The highest BCUT2D eigenvalue weighted by Crippen LogP contribution is 2.28. The Kier molecular flexibility index (Phi) is 6.26. The highest BCUT2D eigenvalue weighted by Gasteiger charge is 2.41. The van der Waals surface area contributed by atoms with E-state index in [1.807, 2.05) is 0 Å². The summed E-state index contributed by atoms with van der Waals surface area (Å²) < 4.78 is 24.3. The molecule has 9 heteroatoms. The van der Waals surface area contributed by atoms with Crippen molar-refractivity contribution < 1.29 is 23.5 Å². The van der Waals surface area contributed by atoms with Crippen molar-refractivity contribution in [2.75, 3.05) is 19.0 Å². The highest BCUT2D eigenvalue weighted by molar-refractivity contribution is 6.42. The number of halogens is 3. The molecule has 2 atom stereocenters. The van der Waals surface area contributed by atoms with E-state index in [0.29, 0.717) is 10.7 Å². The van der Waals surface area contributed by atoms with Crippen molar-refractivity contribution >= 4 is 40.9 Å². The van der Waals surface area contributed by atoms with Gasteiger partial charge >= 0.3 is 12.0 Å². The van der Waals surface area contributed by atoms with Crippen LogP contribution in [0.1, 0.15) is 6.42 Å². The average molecular weight is 427 g/mol. The number of nitrogens with zero attached hydrogens (tertiary/aromatic N) is 1. The minimum Gasteiger partial charge on any atom is -0.485 e. The number of likely N-dealkylation sites (tertiary alicyclic amines) is 1. The molecular weight excluding hydrogens is 410 g/mol. The summed E-state index contributed by atoms with van der Waals surface area (Å²) in [7, 11) is 1.24. The highest BCUT2D eigenvalue weighted by atomic mass is 35.5. The first kappa shape index (κ1) is 20.2. The van der Waals surface area contributed by atoms with Gasteiger partial charge < -0.3 is 19.7 Å². The molecule has 1 heterocycles. The van der Waals surface area contributed by atoms with Crippen molar-refractivity contribution in [3.63, 3.8) is 0 Å². The van der Waals surface area contributed by atoms with Gasteiger partial charge in [-0.05, 0) is 30.3 Å². The second-order valence-corrected chi connectivity index (χ2v) is 6.97. The second-order valence-electron chi connectivity index (χ2n) is 6.16. The van der Waals surface area contributed by atoms with Crippen molar-refractivity contribution in [3.8, 4) is 5.75 Å². The van der Waals surface area contributed by atoms with Crippen LogP contribution in [-0.2, 0) is 9.53 Å². The zero-order valence-corrected chi connectivity index (χ0v) is 16.3. The van der Waals surface area contributed by atoms with E-state index in [2.05, 4.69) is 5.32 Å². The van der Waals surface area contributed by atoms with Gasteiger partial charge in [0.25, 0.3) is 0 Å². The predicted molar refractivity (Wildman–Crippen MR) is 103 cm³/mol. The van der Waals surface area contributed by atoms with Crippen LogP contribution in [-0.4, -0.2) is 42.7 Å². The van der Waals surface area contributed by atoms with E-state index in [-0.39, 0.29) is 23.7 Å². The summed E-state index contributed by atoms with van der Waals surface area (Å²) in [6.45, 7) is 0.0846. The van der Waals surface area contributed by atoms with Crippen molar-refractivity contribution in [2.24, 2.45) is 0 Å². The molecule has 2 aromatic rings. The summed E-state index contributed by atoms with van der Waals surface area (Å²) in [5, 5.41) is 3.30. The first-order valence-electron chi connectivity index (χ1n) is 8.40. The Morgan fingerprint density at radius 2 is 1.93 bits per heavy atom. The number of rotatable bonds is 4. The molecule has 6 nitrogen and oxygen atoms in total. The Morgan fingerprint density at radius 3 is 2.61 bits per heavy atom. The maximum Gasteiger partial charge on any atom is 0.328 e. The number of carbonyl (C=O) groups excluding carboxylic acids is 2. The first-order chi connectivity index (χ1) is 13.4. The van der Waals surface area contributed by atoms with Gasteiger partial charge in [0.1, 0.15) is 12.1 Å². The summed E-state index contributed by atoms with van der Waals surface area (Å²) in [4.78, 5) is 26.1. The van der Waals surface area contributed by atoms with E-state index in [9.17, 15) is 14.0 Å². The molecule has 2 amide bonds. The number of esters is 1. The standard InChI is InChI=1S/C19H17Cl2FN2O4/c1-27-18(25)16-9-12(28-17-5-3-2-4-15(17)22)10-24(16)19(26)23-11-6-7-13(20)14(21)8-11/h2-8,12,16H,9-10H2,1H3,(H,23,26). The Labute approximate surface area is 171 Å². The van der Waals surface area contributed by atoms with Crippen LogP contribution in [0.3, 0.4) is 0 Å². The van der Waals surface area contributed by atoms with Gasteiger partial charge in [0, 0.05) is 12.1 Å². The van der Waals surface area contributed by atoms with E-state index in [1.165, 1.54) is 30.2 Å². The fraction of sp³-hybridized carbons (Fsp3) is 0.263. The van der Waals surface area contributed by atoms with E-state index in [0.717, 1.165) is 0 Å². The van der Waals surface area contributed by atoms with Gasteiger partial charge in [-0.2, -0.15) is 0 Å². The molecule has 0 saturated carbocycles. The number of methoxy groups -OCH3 is 1. The van der Waals surface area contributed by atoms with Crippen molar-refractivity contribution in [1.29, 1.82) is 0 Å². The van der Waals surface area contributed by atoms with Gasteiger partial charge in [-0.25, -0.2) is 14.0 Å². The van der Waals surface area contributed by atoms with E-state index < -0.39 is 30.0 Å². The number of nitrogens with one attached hydrogen (secondary N) is 1. The lowest BCUT2D eigenvalue weighted by atomic mass is 10.2. The zero-order valence-electron chi connectivity index (χ0n) is 14.8. The van der Waals surface area contributed by atoms with Crippen LogP contribution < -0.4 is 10.1 Å². The van der Waals surface area contributed by atoms with Crippen molar-refractivity contribution in [1.82, 2.24) is 4.90 Å². The van der Waals surface area contributed by atoms with Gasteiger partial charge in [-0.3, -0.25) is 0 Å². The van der Waals surface area contributed by atoms with Gasteiger partial charge in [0.05, 0.1) is 23.7 Å². The van der Waals surface area contributed by atoms with Gasteiger partial charge in [0.2, 0.25) is 0 Å². The molecule has 2 aromatic carbocycles. The molecule has 0 bridgehead atoms. The number of hydrogen-bond donors (Lipinski definition) is 1. The van der Waals surface area contributed by atoms with E-state index in [4.69, 9.17) is 32.7 Å². The number of amides is 2. The Morgan fingerprint density at radius 1 is 1.18 bits per heavy atom. The second kappa shape index (κ2) is 8.67. The smallest absolute Gasteiger partial charge is 0.328 e. The number of hydrogen-bond acceptors (Lipinski definition) is 4. The summed E-state index contributed by atoms with van der Waals surface area (Å²) in [5.74, 6) is -1.04. The minimum absolute atomic E-state index is 0.0582. The van der Waals surface area contributed by atoms with Crippen LogP contribution in [0.5, 0.6) is 5.75 Å². The molecule has 28 heavy (non-hydrogen) atoms. The molecule has 1 N–H and O–H groups in total. The lowest BCUT2D eigenvalue weighted by molar-refractivity contribution is -0.144. The number of anilines is 1. The molecule has 0 spiro atoms. The van der Waals surface area contributed by atoms with Crippen LogP contribution >= 0.6 is 23.2 Å². The zero-order chi connectivity index (χ0) is 20.3. The van der Waals surface area contributed by atoms with Gasteiger partial charge in [0.15, 0.2) is 11.6 Å². The molecule has 0 radical (unpaired) electrons. The third-order valence-corrected chi connectivity index (χ3v) is 5.04. The van der Waals surface area contributed by atoms with Crippen molar-refractivity contribution in [2.45, 2.75) is 18.6 Å². The largest absolute Gasteiger partial charge is 0.485 e. The molecule has 1 saturated heterocycles. The summed E-state index contributed by atoms with van der Waals surface area (Å²) in [6, 6.07) is 9.19. The third kappa shape index (κ3) is 4.48. The normalized spacial score (nSPS) is 18.6. The quantitative estimate of drug-likeness (QED) is 0.737. The summed E-state index contributed by atoms with van der Waals surface area (Å²) >= 11 is 11.8. The monoisotopic (exact) mass is 426 g/mol. The number of ether oxygens (including phenoxy) is 2. The van der Waals surface area contributed by atoms with Crippen molar-refractivity contribution in [3.05, 3.63) is 58.3 Å². The lowest BCUT2D eigenvalue weighted by Gasteiger charge is -2.22. The first-order valence-corrected chi connectivity index (χ1v) is 9.16. The maximum absolute atomic E-state index is 13.8. The molecule has 0 aromatic heterocycles. The van der Waals surface area contributed by atoms with Crippen LogP contribution in [0, 0.1) is 5.82 Å². The van der Waals surface area contributed by atoms with Crippen LogP contribution in [0.15, 0.2) is 42.5 Å². The molecule has 3 rings (SSSR count). The summed E-state index contributed by atoms with van der Waals surface area (Å²) in [5.41, 5.74) is 0.418. The molecule has 1 aliphatic rings.